The highest BCUT2D eigenvalue weighted by molar-refractivity contribution is 5.74. The van der Waals surface area contributed by atoms with Crippen molar-refractivity contribution < 1.29 is 14.2 Å². The Balaban J connectivity index is 1.88. The number of rotatable bonds is 5. The number of methoxy groups -OCH3 is 1. The number of nitrogen functional groups attached to an aromatic ring is 1. The average molecular weight is 264 g/mol. The van der Waals surface area contributed by atoms with Crippen molar-refractivity contribution in [1.82, 2.24) is 0 Å². The zero-order valence-corrected chi connectivity index (χ0v) is 11.2. The van der Waals surface area contributed by atoms with Gasteiger partial charge in [0.05, 0.1) is 18.0 Å². The van der Waals surface area contributed by atoms with Crippen molar-refractivity contribution >= 4 is 11.4 Å². The van der Waals surface area contributed by atoms with E-state index in [-0.39, 0.29) is 0 Å². The second-order valence-electron chi connectivity index (χ2n) is 4.97. The van der Waals surface area contributed by atoms with E-state index in [1.54, 1.807) is 7.11 Å². The first-order chi connectivity index (χ1) is 9.29. The van der Waals surface area contributed by atoms with Crippen LogP contribution in [0.2, 0.25) is 0 Å². The molecule has 0 radical (unpaired) electrons. The molecule has 3 rings (SSSR count). The molecule has 1 aromatic rings. The van der Waals surface area contributed by atoms with Gasteiger partial charge >= 0.3 is 0 Å². The van der Waals surface area contributed by atoms with E-state index in [1.165, 1.54) is 12.8 Å². The molecule has 1 aliphatic heterocycles. The molecule has 2 aliphatic rings. The standard InChI is InChI=1S/C14H20N2O3/c1-17-5-4-16(10-2-3-10)12-9-14-13(8-11(12)15)18-6-7-19-14/h8-10H,2-7,15H2,1H3. The number of nitrogens with zero attached hydrogens (tertiary/aromatic N) is 1. The lowest BCUT2D eigenvalue weighted by Crippen LogP contribution is -2.30. The summed E-state index contributed by atoms with van der Waals surface area (Å²) in [5, 5.41) is 0. The molecule has 1 aliphatic carbocycles. The fourth-order valence-corrected chi connectivity index (χ4v) is 2.42. The minimum Gasteiger partial charge on any atom is -0.486 e. The molecule has 0 aromatic heterocycles. The Bertz CT molecular complexity index is 460. The van der Waals surface area contributed by atoms with Gasteiger partial charge in [0.2, 0.25) is 0 Å². The Morgan fingerprint density at radius 3 is 2.58 bits per heavy atom. The second-order valence-corrected chi connectivity index (χ2v) is 4.97. The molecule has 0 atom stereocenters. The van der Waals surface area contributed by atoms with Crippen LogP contribution in [0, 0.1) is 0 Å². The molecule has 5 nitrogen and oxygen atoms in total. The number of fused-ring (bicyclic) bond motifs is 1. The fraction of sp³-hybridized carbons (Fsp3) is 0.571. The maximum atomic E-state index is 6.16. The first-order valence-electron chi connectivity index (χ1n) is 6.74. The van der Waals surface area contributed by atoms with Gasteiger partial charge in [-0.05, 0) is 12.8 Å². The number of benzene rings is 1. The lowest BCUT2D eigenvalue weighted by Gasteiger charge is -2.28. The maximum absolute atomic E-state index is 6.16. The van der Waals surface area contributed by atoms with Crippen molar-refractivity contribution in [2.24, 2.45) is 0 Å². The minimum absolute atomic E-state index is 0.583. The smallest absolute Gasteiger partial charge is 0.163 e. The molecule has 1 aromatic carbocycles. The van der Waals surface area contributed by atoms with Crippen LogP contribution in [0.1, 0.15) is 12.8 Å². The van der Waals surface area contributed by atoms with E-state index < -0.39 is 0 Å². The van der Waals surface area contributed by atoms with Gasteiger partial charge in [0.25, 0.3) is 0 Å². The van der Waals surface area contributed by atoms with E-state index in [1.807, 2.05) is 12.1 Å². The van der Waals surface area contributed by atoms with E-state index in [4.69, 9.17) is 19.9 Å². The van der Waals surface area contributed by atoms with Crippen LogP contribution in [0.15, 0.2) is 12.1 Å². The summed E-state index contributed by atoms with van der Waals surface area (Å²) >= 11 is 0. The molecule has 104 valence electrons. The van der Waals surface area contributed by atoms with E-state index in [2.05, 4.69) is 4.90 Å². The number of anilines is 2. The van der Waals surface area contributed by atoms with Crippen molar-refractivity contribution in [1.29, 1.82) is 0 Å². The topological polar surface area (TPSA) is 57.0 Å². The molecule has 1 heterocycles. The molecule has 19 heavy (non-hydrogen) atoms. The van der Waals surface area contributed by atoms with E-state index in [0.29, 0.717) is 25.9 Å². The Morgan fingerprint density at radius 2 is 1.95 bits per heavy atom. The van der Waals surface area contributed by atoms with Gasteiger partial charge in [-0.15, -0.1) is 0 Å². The summed E-state index contributed by atoms with van der Waals surface area (Å²) < 4.78 is 16.4. The number of hydrogen-bond donors (Lipinski definition) is 1. The molecule has 0 spiro atoms. The Labute approximate surface area is 113 Å². The third-order valence-electron chi connectivity index (χ3n) is 3.52. The van der Waals surface area contributed by atoms with Gasteiger partial charge in [-0.25, -0.2) is 0 Å². The summed E-state index contributed by atoms with van der Waals surface area (Å²) in [6.45, 7) is 2.73. The van der Waals surface area contributed by atoms with Gasteiger partial charge in [-0.2, -0.15) is 0 Å². The van der Waals surface area contributed by atoms with Crippen molar-refractivity contribution in [2.45, 2.75) is 18.9 Å². The minimum atomic E-state index is 0.583. The monoisotopic (exact) mass is 264 g/mol. The maximum Gasteiger partial charge on any atom is 0.163 e. The van der Waals surface area contributed by atoms with Crippen LogP contribution in [0.3, 0.4) is 0 Å². The molecule has 1 fully saturated rings. The third kappa shape index (κ3) is 2.56. The zero-order valence-electron chi connectivity index (χ0n) is 11.2. The zero-order chi connectivity index (χ0) is 13.2. The van der Waals surface area contributed by atoms with Crippen LogP contribution < -0.4 is 20.1 Å². The molecule has 2 N–H and O–H groups in total. The van der Waals surface area contributed by atoms with Gasteiger partial charge in [0.15, 0.2) is 11.5 Å². The molecule has 0 unspecified atom stereocenters. The molecule has 0 bridgehead atoms. The van der Waals surface area contributed by atoms with E-state index >= 15 is 0 Å². The SMILES string of the molecule is COCCN(c1cc2c(cc1N)OCCO2)C1CC1. The predicted octanol–water partition coefficient (Wildman–Crippen LogP) is 1.66. The highest BCUT2D eigenvalue weighted by Crippen LogP contribution is 2.41. The summed E-state index contributed by atoms with van der Waals surface area (Å²) in [6.07, 6.45) is 2.44. The summed E-state index contributed by atoms with van der Waals surface area (Å²) in [5.74, 6) is 1.54. The second kappa shape index (κ2) is 5.17. The highest BCUT2D eigenvalue weighted by Gasteiger charge is 2.31. The van der Waals surface area contributed by atoms with Crippen LogP contribution >= 0.6 is 0 Å². The first-order valence-corrected chi connectivity index (χ1v) is 6.74. The lowest BCUT2D eigenvalue weighted by molar-refractivity contribution is 0.171. The van der Waals surface area contributed by atoms with Gasteiger partial charge in [-0.3, -0.25) is 0 Å². The average Bonchev–Trinajstić information content (AvgIpc) is 3.24. The van der Waals surface area contributed by atoms with Crippen molar-refractivity contribution in [2.75, 3.05) is 44.1 Å². The predicted molar refractivity (Wildman–Crippen MR) is 74.1 cm³/mol. The number of nitrogens with two attached hydrogens (primary N) is 1. The Hall–Kier alpha value is -1.62. The third-order valence-corrected chi connectivity index (χ3v) is 3.52. The molecule has 0 amide bonds. The summed E-state index contributed by atoms with van der Waals surface area (Å²) in [7, 11) is 1.72. The highest BCUT2D eigenvalue weighted by atomic mass is 16.6. The van der Waals surface area contributed by atoms with Crippen LogP contribution in [-0.2, 0) is 4.74 Å². The van der Waals surface area contributed by atoms with Crippen LogP contribution in [0.4, 0.5) is 11.4 Å². The van der Waals surface area contributed by atoms with Crippen LogP contribution in [0.5, 0.6) is 11.5 Å². The van der Waals surface area contributed by atoms with Crippen molar-refractivity contribution in [3.8, 4) is 11.5 Å². The normalized spacial score (nSPS) is 17.3. The fourth-order valence-electron chi connectivity index (χ4n) is 2.42. The van der Waals surface area contributed by atoms with Crippen LogP contribution in [-0.4, -0.2) is 39.5 Å². The van der Waals surface area contributed by atoms with Crippen molar-refractivity contribution in [3.63, 3.8) is 0 Å². The van der Waals surface area contributed by atoms with Crippen LogP contribution in [0.25, 0.3) is 0 Å². The van der Waals surface area contributed by atoms with Gasteiger partial charge in [0, 0.05) is 31.8 Å². The largest absolute Gasteiger partial charge is 0.486 e. The van der Waals surface area contributed by atoms with Gasteiger partial charge in [0.1, 0.15) is 13.2 Å². The van der Waals surface area contributed by atoms with E-state index in [0.717, 1.165) is 29.4 Å². The Kier molecular flexibility index (Phi) is 3.38. The molecular formula is C14H20N2O3. The quantitative estimate of drug-likeness (QED) is 0.820. The summed E-state index contributed by atoms with van der Waals surface area (Å²) in [6, 6.07) is 4.45. The molecule has 5 heteroatoms. The molecule has 0 saturated heterocycles. The number of hydrogen-bond acceptors (Lipinski definition) is 5. The summed E-state index contributed by atoms with van der Waals surface area (Å²) in [4.78, 5) is 2.32. The lowest BCUT2D eigenvalue weighted by atomic mass is 10.2. The molecule has 1 saturated carbocycles. The summed E-state index contributed by atoms with van der Waals surface area (Å²) in [5.41, 5.74) is 7.94. The number of ether oxygens (including phenoxy) is 3. The van der Waals surface area contributed by atoms with Crippen molar-refractivity contribution in [3.05, 3.63) is 12.1 Å². The van der Waals surface area contributed by atoms with Gasteiger partial charge < -0.3 is 24.8 Å². The van der Waals surface area contributed by atoms with Gasteiger partial charge in [-0.1, -0.05) is 0 Å². The first kappa shape index (κ1) is 12.4. The van der Waals surface area contributed by atoms with E-state index in [9.17, 15) is 0 Å². The Morgan fingerprint density at radius 1 is 1.26 bits per heavy atom. The molecular weight excluding hydrogens is 244 g/mol.